The third-order valence-corrected chi connectivity index (χ3v) is 7.26. The van der Waals surface area contributed by atoms with Gasteiger partial charge in [-0.3, -0.25) is 9.59 Å². The Morgan fingerprint density at radius 1 is 1.03 bits per heavy atom. The van der Waals surface area contributed by atoms with Crippen molar-refractivity contribution in [1.82, 2.24) is 5.01 Å². The monoisotopic (exact) mass is 546 g/mol. The zero-order valence-electron chi connectivity index (χ0n) is 16.2. The molecule has 1 aliphatic heterocycles. The van der Waals surface area contributed by atoms with Crippen LogP contribution in [0.15, 0.2) is 62.6 Å². The number of hydrazone groups is 1. The number of nitrogens with zero attached hydrogens (tertiary/aromatic N) is 2. The molecule has 2 aliphatic carbocycles. The molecule has 0 unspecified atom stereocenters. The molecule has 4 atom stereocenters. The minimum Gasteiger partial charge on any atom is -0.487 e. The number of rotatable bonds is 5. The summed E-state index contributed by atoms with van der Waals surface area (Å²) in [5.74, 6) is -0.328. The molecule has 2 bridgehead atoms. The molecule has 1 heterocycles. The number of fused-ring (bicyclic) bond motifs is 5. The summed E-state index contributed by atoms with van der Waals surface area (Å²) in [6.07, 6.45) is 6.52. The second-order valence-corrected chi connectivity index (χ2v) is 9.67. The highest BCUT2D eigenvalue weighted by Gasteiger charge is 2.59. The molecule has 158 valence electrons. The van der Waals surface area contributed by atoms with E-state index in [1.807, 2.05) is 0 Å². The summed E-state index contributed by atoms with van der Waals surface area (Å²) in [5.41, 5.74) is 1.54. The van der Waals surface area contributed by atoms with Crippen LogP contribution >= 0.6 is 31.9 Å². The van der Waals surface area contributed by atoms with Crippen molar-refractivity contribution >= 4 is 49.9 Å². The molecule has 0 N–H and O–H groups in total. The average Bonchev–Trinajstić information content (AvgIpc) is 3.42. The topological polar surface area (TPSA) is 59.0 Å². The van der Waals surface area contributed by atoms with E-state index in [1.165, 1.54) is 18.3 Å². The van der Waals surface area contributed by atoms with Gasteiger partial charge >= 0.3 is 0 Å². The van der Waals surface area contributed by atoms with E-state index in [9.17, 15) is 14.0 Å². The zero-order chi connectivity index (χ0) is 21.7. The molecule has 1 saturated carbocycles. The van der Waals surface area contributed by atoms with Crippen molar-refractivity contribution in [1.29, 1.82) is 0 Å². The fourth-order valence-corrected chi connectivity index (χ4v) is 6.10. The molecule has 2 fully saturated rings. The van der Waals surface area contributed by atoms with Crippen molar-refractivity contribution in [3.63, 3.8) is 0 Å². The van der Waals surface area contributed by atoms with Crippen LogP contribution in [0.5, 0.6) is 5.75 Å². The second kappa shape index (κ2) is 7.98. The third kappa shape index (κ3) is 3.65. The molecule has 2 aromatic carbocycles. The predicted molar refractivity (Wildman–Crippen MR) is 120 cm³/mol. The number of hydrogen-bond acceptors (Lipinski definition) is 4. The SMILES string of the molecule is O=C1[C@@H]2[C@H](C(=O)N1N=Cc1cc(Br)c(OCc3ccc(F)cc3)c(Br)c1)[C@H]1C=C[C@H]2C1. The van der Waals surface area contributed by atoms with Gasteiger partial charge in [-0.15, -0.1) is 0 Å². The van der Waals surface area contributed by atoms with Gasteiger partial charge < -0.3 is 4.74 Å². The molecular formula is C23H17Br2FN2O3. The van der Waals surface area contributed by atoms with Crippen molar-refractivity contribution in [2.45, 2.75) is 13.0 Å². The number of benzene rings is 2. The lowest BCUT2D eigenvalue weighted by Gasteiger charge is -2.13. The van der Waals surface area contributed by atoms with E-state index in [2.05, 4.69) is 49.1 Å². The minimum atomic E-state index is -0.294. The number of amides is 2. The van der Waals surface area contributed by atoms with E-state index in [0.29, 0.717) is 20.3 Å². The minimum absolute atomic E-state index is 0.160. The first kappa shape index (κ1) is 20.6. The maximum atomic E-state index is 13.0. The van der Waals surface area contributed by atoms with Crippen LogP contribution in [0.1, 0.15) is 17.5 Å². The van der Waals surface area contributed by atoms with Gasteiger partial charge in [0.05, 0.1) is 27.0 Å². The van der Waals surface area contributed by atoms with Crippen molar-refractivity contribution in [2.75, 3.05) is 0 Å². The molecule has 0 aromatic heterocycles. The molecule has 8 heteroatoms. The highest BCUT2D eigenvalue weighted by atomic mass is 79.9. The lowest BCUT2D eigenvalue weighted by atomic mass is 9.85. The van der Waals surface area contributed by atoms with Crippen LogP contribution in [0.25, 0.3) is 0 Å². The van der Waals surface area contributed by atoms with Crippen LogP contribution in [-0.2, 0) is 16.2 Å². The highest BCUT2D eigenvalue weighted by Crippen LogP contribution is 2.52. The number of carbonyl (C=O) groups is 2. The van der Waals surface area contributed by atoms with Crippen molar-refractivity contribution in [3.8, 4) is 5.75 Å². The third-order valence-electron chi connectivity index (χ3n) is 6.09. The Balaban J connectivity index is 1.30. The average molecular weight is 548 g/mol. The predicted octanol–water partition coefficient (Wildman–Crippen LogP) is 5.07. The van der Waals surface area contributed by atoms with Crippen molar-refractivity contribution in [3.05, 3.63) is 74.4 Å². The summed E-state index contributed by atoms with van der Waals surface area (Å²) < 4.78 is 20.3. The second-order valence-electron chi connectivity index (χ2n) is 7.96. The molecule has 0 radical (unpaired) electrons. The molecule has 5 rings (SSSR count). The molecule has 0 spiro atoms. The Morgan fingerprint density at radius 2 is 1.61 bits per heavy atom. The van der Waals surface area contributed by atoms with Crippen LogP contribution in [0.4, 0.5) is 4.39 Å². The first-order valence-electron chi connectivity index (χ1n) is 9.89. The number of halogens is 3. The maximum Gasteiger partial charge on any atom is 0.254 e. The van der Waals surface area contributed by atoms with E-state index in [4.69, 9.17) is 4.74 Å². The van der Waals surface area contributed by atoms with Gasteiger partial charge in [0.1, 0.15) is 18.2 Å². The molecule has 3 aliphatic rings. The maximum absolute atomic E-state index is 13.0. The Hall–Kier alpha value is -2.32. The Bertz CT molecular complexity index is 1080. The van der Waals surface area contributed by atoms with Crippen LogP contribution < -0.4 is 4.74 Å². The summed E-state index contributed by atoms with van der Waals surface area (Å²) in [7, 11) is 0. The van der Waals surface area contributed by atoms with Gasteiger partial charge in [0.25, 0.3) is 11.8 Å². The molecule has 2 aromatic rings. The molecule has 31 heavy (non-hydrogen) atoms. The molecule has 2 amide bonds. The zero-order valence-corrected chi connectivity index (χ0v) is 19.3. The Kier molecular flexibility index (Phi) is 5.30. The van der Waals surface area contributed by atoms with Crippen LogP contribution in [0, 0.1) is 29.5 Å². The van der Waals surface area contributed by atoms with Gasteiger partial charge in [-0.2, -0.15) is 10.1 Å². The molecule has 5 nitrogen and oxygen atoms in total. The largest absolute Gasteiger partial charge is 0.487 e. The standard InChI is InChI=1S/C23H17Br2FN2O3/c24-17-7-13(8-18(25)21(17)31-11-12-1-5-16(26)6-2-12)10-27-28-22(29)19-14-3-4-15(9-14)20(19)23(28)30/h1-8,10,14-15,19-20H,9,11H2/t14-,15-,19-,20+/m0/s1. The highest BCUT2D eigenvalue weighted by molar-refractivity contribution is 9.11. The smallest absolute Gasteiger partial charge is 0.254 e. The number of carbonyl (C=O) groups excluding carboxylic acids is 2. The quantitative estimate of drug-likeness (QED) is 0.298. The summed E-state index contributed by atoms with van der Waals surface area (Å²) >= 11 is 6.98. The summed E-state index contributed by atoms with van der Waals surface area (Å²) in [4.78, 5) is 25.5. The lowest BCUT2D eigenvalue weighted by Crippen LogP contribution is -2.28. The summed E-state index contributed by atoms with van der Waals surface area (Å²) in [6.45, 7) is 0.279. The number of allylic oxidation sites excluding steroid dienone is 2. The fraction of sp³-hybridized carbons (Fsp3) is 0.261. The first-order valence-corrected chi connectivity index (χ1v) is 11.5. The summed E-state index contributed by atoms with van der Waals surface area (Å²) in [6, 6.07) is 9.70. The van der Waals surface area contributed by atoms with E-state index in [1.54, 1.807) is 24.3 Å². The van der Waals surface area contributed by atoms with E-state index in [-0.39, 0.29) is 47.9 Å². The first-order chi connectivity index (χ1) is 14.9. The van der Waals surface area contributed by atoms with Gasteiger partial charge in [0.15, 0.2) is 0 Å². The Morgan fingerprint density at radius 3 is 2.19 bits per heavy atom. The number of imide groups is 1. The Labute approximate surface area is 195 Å². The fourth-order valence-electron chi connectivity index (χ4n) is 4.65. The van der Waals surface area contributed by atoms with E-state index < -0.39 is 0 Å². The van der Waals surface area contributed by atoms with Crippen LogP contribution in [0.2, 0.25) is 0 Å². The van der Waals surface area contributed by atoms with Gasteiger partial charge in [-0.05, 0) is 85.5 Å². The number of hydrogen-bond donors (Lipinski definition) is 0. The van der Waals surface area contributed by atoms with Gasteiger partial charge in [-0.1, -0.05) is 24.3 Å². The van der Waals surface area contributed by atoms with Crippen molar-refractivity contribution in [2.24, 2.45) is 28.8 Å². The molecule has 1 saturated heterocycles. The van der Waals surface area contributed by atoms with Crippen molar-refractivity contribution < 1.29 is 18.7 Å². The number of ether oxygens (including phenoxy) is 1. The van der Waals surface area contributed by atoms with E-state index in [0.717, 1.165) is 17.0 Å². The normalized spacial score (nSPS) is 26.4. The lowest BCUT2D eigenvalue weighted by molar-refractivity contribution is -0.140. The van der Waals surface area contributed by atoms with Gasteiger partial charge in [0.2, 0.25) is 0 Å². The van der Waals surface area contributed by atoms with Gasteiger partial charge in [0, 0.05) is 0 Å². The van der Waals surface area contributed by atoms with Gasteiger partial charge in [-0.25, -0.2) is 4.39 Å². The summed E-state index contributed by atoms with van der Waals surface area (Å²) in [5, 5.41) is 5.24. The van der Waals surface area contributed by atoms with E-state index >= 15 is 0 Å². The van der Waals surface area contributed by atoms with Crippen LogP contribution in [-0.4, -0.2) is 23.0 Å². The molecular weight excluding hydrogens is 531 g/mol. The van der Waals surface area contributed by atoms with Crippen LogP contribution in [0.3, 0.4) is 0 Å².